The van der Waals surface area contributed by atoms with E-state index in [9.17, 15) is 9.90 Å². The predicted molar refractivity (Wildman–Crippen MR) is 133 cm³/mol. The van der Waals surface area contributed by atoms with Gasteiger partial charge in [0, 0.05) is 24.2 Å². The second-order valence-electron chi connectivity index (χ2n) is 9.48. The summed E-state index contributed by atoms with van der Waals surface area (Å²) in [6.45, 7) is 8.77. The van der Waals surface area contributed by atoms with Crippen LogP contribution in [-0.4, -0.2) is 51.6 Å². The second kappa shape index (κ2) is 10.2. The normalized spacial score (nSPS) is 16.9. The number of carbonyl (C=O) groups is 1. The van der Waals surface area contributed by atoms with Crippen molar-refractivity contribution in [2.45, 2.75) is 58.1 Å². The van der Waals surface area contributed by atoms with Crippen molar-refractivity contribution >= 4 is 40.9 Å². The molecule has 7 N–H and O–H groups in total. The summed E-state index contributed by atoms with van der Waals surface area (Å²) in [4.78, 5) is 23.5. The summed E-state index contributed by atoms with van der Waals surface area (Å²) in [5, 5.41) is 13.9. The summed E-state index contributed by atoms with van der Waals surface area (Å²) in [5.74, 6) is 5.15. The number of hydrazine groups is 1. The first-order valence-electron chi connectivity index (χ1n) is 10.8. The molecule has 1 aliphatic rings. The lowest BCUT2D eigenvalue weighted by Crippen LogP contribution is -2.56. The third kappa shape index (κ3) is 6.07. The van der Waals surface area contributed by atoms with Crippen molar-refractivity contribution in [2.75, 3.05) is 23.7 Å². The van der Waals surface area contributed by atoms with Gasteiger partial charge in [0.15, 0.2) is 0 Å². The quantitative estimate of drug-likeness (QED) is 0.170. The molecule has 1 atom stereocenters. The van der Waals surface area contributed by atoms with Crippen LogP contribution in [0, 0.1) is 0 Å². The van der Waals surface area contributed by atoms with E-state index in [2.05, 4.69) is 20.7 Å². The van der Waals surface area contributed by atoms with E-state index in [0.717, 1.165) is 0 Å². The molecular weight excluding hydrogens is 481 g/mol. The SMILES string of the molecule is CC1(NC(O)OC(C)(C)C)CCN(c2nc(N)c(-c3cccc(Cl)c3Cl)c(C(=O)NN)n2)CC1. The van der Waals surface area contributed by atoms with E-state index in [1.807, 2.05) is 32.6 Å². The first-order valence-corrected chi connectivity index (χ1v) is 11.6. The van der Waals surface area contributed by atoms with Gasteiger partial charge >= 0.3 is 0 Å². The van der Waals surface area contributed by atoms with E-state index in [1.165, 1.54) is 0 Å². The molecule has 12 heteroatoms. The number of carbonyl (C=O) groups excluding carboxylic acids is 1. The molecule has 1 aromatic heterocycles. The van der Waals surface area contributed by atoms with Crippen LogP contribution in [0.2, 0.25) is 10.0 Å². The number of ether oxygens (including phenoxy) is 1. The first-order chi connectivity index (χ1) is 15.8. The van der Waals surface area contributed by atoms with E-state index < -0.39 is 17.9 Å². The number of amides is 1. The maximum absolute atomic E-state index is 12.6. The van der Waals surface area contributed by atoms with Crippen molar-refractivity contribution < 1.29 is 14.6 Å². The van der Waals surface area contributed by atoms with E-state index >= 15 is 0 Å². The fraction of sp³-hybridized carbons (Fsp3) is 0.500. The number of aromatic nitrogens is 2. The molecule has 2 heterocycles. The lowest BCUT2D eigenvalue weighted by Gasteiger charge is -2.42. The molecule has 10 nitrogen and oxygen atoms in total. The fourth-order valence-corrected chi connectivity index (χ4v) is 4.20. The number of benzene rings is 1. The average Bonchev–Trinajstić information content (AvgIpc) is 2.73. The van der Waals surface area contributed by atoms with Crippen molar-refractivity contribution in [1.29, 1.82) is 0 Å². The standard InChI is InChI=1S/C22H31Cl2N7O3/c1-21(2,3)34-20(33)29-22(4)8-10-31(11-9-22)19-27-16(18(32)30-26)14(17(25)28-19)12-6-5-7-13(23)15(12)24/h5-7,20,29,33H,8-11,26H2,1-4H3,(H,30,32)(H2,25,27,28). The molecule has 1 fully saturated rings. The van der Waals surface area contributed by atoms with Crippen molar-refractivity contribution in [2.24, 2.45) is 5.84 Å². The molecule has 1 aromatic carbocycles. The summed E-state index contributed by atoms with van der Waals surface area (Å²) in [7, 11) is 0. The Labute approximate surface area is 208 Å². The van der Waals surface area contributed by atoms with Gasteiger partial charge in [-0.05, 0) is 46.6 Å². The van der Waals surface area contributed by atoms with Crippen LogP contribution in [-0.2, 0) is 4.74 Å². The second-order valence-corrected chi connectivity index (χ2v) is 10.3. The molecule has 0 radical (unpaired) electrons. The van der Waals surface area contributed by atoms with Crippen LogP contribution in [0.15, 0.2) is 18.2 Å². The average molecular weight is 512 g/mol. The highest BCUT2D eigenvalue weighted by Gasteiger charge is 2.34. The highest BCUT2D eigenvalue weighted by Crippen LogP contribution is 2.38. The number of hydrogen-bond acceptors (Lipinski definition) is 9. The summed E-state index contributed by atoms with van der Waals surface area (Å²) in [6, 6.07) is 5.00. The molecule has 2 aromatic rings. The highest BCUT2D eigenvalue weighted by atomic mass is 35.5. The van der Waals surface area contributed by atoms with Crippen LogP contribution < -0.4 is 27.2 Å². The highest BCUT2D eigenvalue weighted by molar-refractivity contribution is 6.44. The molecule has 1 aliphatic heterocycles. The molecule has 3 rings (SSSR count). The van der Waals surface area contributed by atoms with Crippen LogP contribution in [0.5, 0.6) is 0 Å². The monoisotopic (exact) mass is 511 g/mol. The van der Waals surface area contributed by atoms with Gasteiger partial charge < -0.3 is 20.5 Å². The van der Waals surface area contributed by atoms with Crippen molar-refractivity contribution in [3.63, 3.8) is 0 Å². The zero-order valence-corrected chi connectivity index (χ0v) is 21.2. The minimum absolute atomic E-state index is 0.00498. The van der Waals surface area contributed by atoms with Gasteiger partial charge in [0.2, 0.25) is 12.4 Å². The zero-order valence-electron chi connectivity index (χ0n) is 19.7. The van der Waals surface area contributed by atoms with Crippen LogP contribution in [0.25, 0.3) is 11.1 Å². The van der Waals surface area contributed by atoms with E-state index in [1.54, 1.807) is 18.2 Å². The Morgan fingerprint density at radius 2 is 1.91 bits per heavy atom. The maximum atomic E-state index is 12.6. The first kappa shape index (κ1) is 26.4. The number of halogens is 2. The van der Waals surface area contributed by atoms with Crippen molar-refractivity contribution in [3.8, 4) is 11.1 Å². The number of nitrogen functional groups attached to an aromatic ring is 2. The Balaban J connectivity index is 1.86. The molecule has 0 spiro atoms. The third-order valence-corrected chi connectivity index (χ3v) is 6.40. The Kier molecular flexibility index (Phi) is 7.91. The van der Waals surface area contributed by atoms with Gasteiger partial charge in [-0.2, -0.15) is 4.98 Å². The van der Waals surface area contributed by atoms with Crippen LogP contribution >= 0.6 is 23.2 Å². The topological polar surface area (TPSA) is 152 Å². The molecule has 34 heavy (non-hydrogen) atoms. The Hall–Kier alpha value is -2.21. The lowest BCUT2D eigenvalue weighted by molar-refractivity contribution is -0.192. The molecule has 1 amide bonds. The van der Waals surface area contributed by atoms with Crippen molar-refractivity contribution in [3.05, 3.63) is 33.9 Å². The summed E-state index contributed by atoms with van der Waals surface area (Å²) >= 11 is 12.5. The maximum Gasteiger partial charge on any atom is 0.284 e. The number of rotatable bonds is 6. The number of piperidine rings is 1. The number of aliphatic hydroxyl groups excluding tert-OH is 1. The smallest absolute Gasteiger partial charge is 0.284 e. The lowest BCUT2D eigenvalue weighted by atomic mass is 9.90. The molecule has 186 valence electrons. The minimum Gasteiger partial charge on any atom is -0.383 e. The molecule has 0 bridgehead atoms. The summed E-state index contributed by atoms with van der Waals surface area (Å²) in [5.41, 5.74) is 8.23. The number of anilines is 2. The number of aliphatic hydroxyl groups is 1. The van der Waals surface area contributed by atoms with Crippen LogP contribution in [0.3, 0.4) is 0 Å². The number of nitrogens with two attached hydrogens (primary N) is 2. The molecule has 1 unspecified atom stereocenters. The third-order valence-electron chi connectivity index (χ3n) is 5.58. The minimum atomic E-state index is -1.09. The molecule has 0 saturated carbocycles. The van der Waals surface area contributed by atoms with Crippen molar-refractivity contribution in [1.82, 2.24) is 20.7 Å². The molecule has 1 saturated heterocycles. The molecule has 0 aliphatic carbocycles. The van der Waals surface area contributed by atoms with E-state index in [4.69, 9.17) is 39.5 Å². The van der Waals surface area contributed by atoms with Crippen LogP contribution in [0.1, 0.15) is 51.0 Å². The van der Waals surface area contributed by atoms with Gasteiger partial charge in [0.1, 0.15) is 11.5 Å². The van der Waals surface area contributed by atoms with Gasteiger partial charge in [-0.15, -0.1) is 0 Å². The predicted octanol–water partition coefficient (Wildman–Crippen LogP) is 2.68. The van der Waals surface area contributed by atoms with Gasteiger partial charge in [0.25, 0.3) is 5.91 Å². The van der Waals surface area contributed by atoms with Gasteiger partial charge in [-0.25, -0.2) is 10.8 Å². The Morgan fingerprint density at radius 1 is 1.26 bits per heavy atom. The summed E-state index contributed by atoms with van der Waals surface area (Å²) in [6.07, 6.45) is 0.243. The van der Waals surface area contributed by atoms with Gasteiger partial charge in [0.05, 0.1) is 21.2 Å². The number of nitrogens with zero attached hydrogens (tertiary/aromatic N) is 3. The Morgan fingerprint density at radius 3 is 2.50 bits per heavy atom. The summed E-state index contributed by atoms with van der Waals surface area (Å²) < 4.78 is 5.57. The fourth-order valence-electron chi connectivity index (χ4n) is 3.81. The number of hydrogen-bond donors (Lipinski definition) is 5. The molecular formula is C22H31Cl2N7O3. The van der Waals surface area contributed by atoms with Gasteiger partial charge in [-0.1, -0.05) is 35.3 Å². The van der Waals surface area contributed by atoms with E-state index in [-0.39, 0.29) is 27.6 Å². The van der Waals surface area contributed by atoms with Gasteiger partial charge in [-0.3, -0.25) is 15.5 Å². The largest absolute Gasteiger partial charge is 0.383 e. The van der Waals surface area contributed by atoms with E-state index in [0.29, 0.717) is 42.5 Å². The number of nitrogens with one attached hydrogen (secondary N) is 2. The Bertz CT molecular complexity index is 1050. The zero-order chi connectivity index (χ0) is 25.3. The van der Waals surface area contributed by atoms with Crippen LogP contribution in [0.4, 0.5) is 11.8 Å².